The molecule has 1 fully saturated rings. The highest BCUT2D eigenvalue weighted by molar-refractivity contribution is 5.50. The van der Waals surface area contributed by atoms with Crippen molar-refractivity contribution in [3.8, 4) is 6.07 Å². The van der Waals surface area contributed by atoms with Gasteiger partial charge in [0.05, 0.1) is 6.07 Å². The maximum Gasteiger partial charge on any atom is 0.134 e. The van der Waals surface area contributed by atoms with Crippen LogP contribution in [0.25, 0.3) is 0 Å². The van der Waals surface area contributed by atoms with Crippen LogP contribution in [-0.4, -0.2) is 28.6 Å². The number of aromatic nitrogens is 2. The van der Waals surface area contributed by atoms with E-state index in [4.69, 9.17) is 5.26 Å². The van der Waals surface area contributed by atoms with Crippen LogP contribution in [0.15, 0.2) is 12.4 Å². The summed E-state index contributed by atoms with van der Waals surface area (Å²) in [5, 5.41) is 12.2. The summed E-state index contributed by atoms with van der Waals surface area (Å²) in [6, 6.07) is 4.14. The van der Waals surface area contributed by atoms with Gasteiger partial charge in [-0.2, -0.15) is 5.26 Å². The molecule has 19 heavy (non-hydrogen) atoms. The molecule has 0 spiro atoms. The molecule has 2 rings (SSSR count). The maximum absolute atomic E-state index is 9.04. The predicted molar refractivity (Wildman–Crippen MR) is 76.0 cm³/mol. The monoisotopic (exact) mass is 259 g/mol. The Labute approximate surface area is 114 Å². The summed E-state index contributed by atoms with van der Waals surface area (Å²) < 4.78 is 0. The van der Waals surface area contributed by atoms with Crippen molar-refractivity contribution < 1.29 is 0 Å². The number of nitrogens with zero attached hydrogens (tertiary/aromatic N) is 4. The summed E-state index contributed by atoms with van der Waals surface area (Å²) in [5.41, 5.74) is -0.623. The van der Waals surface area contributed by atoms with Crippen molar-refractivity contribution in [2.24, 2.45) is 5.92 Å². The molecular formula is C14H21N5. The Balaban J connectivity index is 2.09. The van der Waals surface area contributed by atoms with E-state index in [1.165, 1.54) is 12.8 Å². The lowest BCUT2D eigenvalue weighted by molar-refractivity contribution is 0.436. The van der Waals surface area contributed by atoms with Gasteiger partial charge in [-0.05, 0) is 32.6 Å². The van der Waals surface area contributed by atoms with Gasteiger partial charge in [0.25, 0.3) is 0 Å². The van der Waals surface area contributed by atoms with Gasteiger partial charge in [-0.15, -0.1) is 0 Å². The topological polar surface area (TPSA) is 64.8 Å². The van der Waals surface area contributed by atoms with E-state index in [-0.39, 0.29) is 0 Å². The number of hydrogen-bond donors (Lipinski definition) is 1. The first-order valence-electron chi connectivity index (χ1n) is 6.76. The van der Waals surface area contributed by atoms with Gasteiger partial charge in [0.2, 0.25) is 0 Å². The standard InChI is InChI=1S/C14H21N5/c1-11-4-6-19(7-5-11)13-8-12(16-10-17-13)18-14(2,3)9-15/h8,10-11H,4-7H2,1-3H3,(H,16,17,18). The Kier molecular flexibility index (Phi) is 3.89. The van der Waals surface area contributed by atoms with Crippen LogP contribution in [0, 0.1) is 17.2 Å². The first kappa shape index (κ1) is 13.6. The van der Waals surface area contributed by atoms with Gasteiger partial charge in [0.15, 0.2) is 0 Å². The molecule has 0 amide bonds. The fourth-order valence-electron chi connectivity index (χ4n) is 2.17. The van der Waals surface area contributed by atoms with Crippen LogP contribution in [0.3, 0.4) is 0 Å². The number of hydrogen-bond acceptors (Lipinski definition) is 5. The lowest BCUT2D eigenvalue weighted by atomic mass is 9.99. The highest BCUT2D eigenvalue weighted by atomic mass is 15.2. The molecule has 5 heteroatoms. The summed E-state index contributed by atoms with van der Waals surface area (Å²) in [5.74, 6) is 2.45. The van der Waals surface area contributed by atoms with Crippen molar-refractivity contribution >= 4 is 11.6 Å². The first-order chi connectivity index (χ1) is 9.00. The molecule has 0 saturated carbocycles. The van der Waals surface area contributed by atoms with Gasteiger partial charge in [0, 0.05) is 19.2 Å². The minimum Gasteiger partial charge on any atom is -0.356 e. The molecule has 0 unspecified atom stereocenters. The summed E-state index contributed by atoms with van der Waals surface area (Å²) >= 11 is 0. The van der Waals surface area contributed by atoms with Crippen molar-refractivity contribution in [2.75, 3.05) is 23.3 Å². The van der Waals surface area contributed by atoms with Crippen molar-refractivity contribution in [3.63, 3.8) is 0 Å². The van der Waals surface area contributed by atoms with E-state index >= 15 is 0 Å². The van der Waals surface area contributed by atoms with Crippen LogP contribution < -0.4 is 10.2 Å². The summed E-state index contributed by atoms with van der Waals surface area (Å²) in [4.78, 5) is 10.8. The number of anilines is 2. The van der Waals surface area contributed by atoms with Gasteiger partial charge in [-0.1, -0.05) is 6.92 Å². The Hall–Kier alpha value is -1.83. The third kappa shape index (κ3) is 3.57. The number of nitrogens with one attached hydrogen (secondary N) is 1. The summed E-state index contributed by atoms with van der Waals surface area (Å²) in [7, 11) is 0. The molecule has 0 atom stereocenters. The largest absolute Gasteiger partial charge is 0.356 e. The van der Waals surface area contributed by atoms with E-state index in [9.17, 15) is 0 Å². The normalized spacial score (nSPS) is 17.1. The summed E-state index contributed by atoms with van der Waals surface area (Å²) in [6.07, 6.45) is 3.97. The first-order valence-corrected chi connectivity index (χ1v) is 6.76. The van der Waals surface area contributed by atoms with E-state index in [2.05, 4.69) is 33.2 Å². The lowest BCUT2D eigenvalue weighted by Gasteiger charge is -2.31. The fraction of sp³-hybridized carbons (Fsp3) is 0.643. The number of rotatable bonds is 3. The van der Waals surface area contributed by atoms with Crippen LogP contribution in [0.1, 0.15) is 33.6 Å². The molecule has 1 N–H and O–H groups in total. The third-order valence-electron chi connectivity index (χ3n) is 3.48. The Morgan fingerprint density at radius 1 is 1.37 bits per heavy atom. The zero-order valence-corrected chi connectivity index (χ0v) is 11.8. The van der Waals surface area contributed by atoms with E-state index in [0.717, 1.165) is 24.8 Å². The molecule has 1 saturated heterocycles. The minimum atomic E-state index is -0.623. The van der Waals surface area contributed by atoms with Crippen molar-refractivity contribution in [2.45, 2.75) is 39.2 Å². The van der Waals surface area contributed by atoms with E-state index in [1.807, 2.05) is 19.9 Å². The molecule has 0 aromatic carbocycles. The predicted octanol–water partition coefficient (Wildman–Crippen LogP) is 2.43. The van der Waals surface area contributed by atoms with Gasteiger partial charge in [-0.3, -0.25) is 0 Å². The van der Waals surface area contributed by atoms with Crippen molar-refractivity contribution in [1.82, 2.24) is 9.97 Å². The SMILES string of the molecule is CC1CCN(c2cc(NC(C)(C)C#N)ncn2)CC1. The van der Waals surface area contributed by atoms with Crippen molar-refractivity contribution in [3.05, 3.63) is 12.4 Å². The second kappa shape index (κ2) is 5.43. The highest BCUT2D eigenvalue weighted by Gasteiger charge is 2.19. The van der Waals surface area contributed by atoms with E-state index in [0.29, 0.717) is 5.82 Å². The highest BCUT2D eigenvalue weighted by Crippen LogP contribution is 2.23. The van der Waals surface area contributed by atoms with Crippen LogP contribution in [0.5, 0.6) is 0 Å². The molecule has 0 radical (unpaired) electrons. The smallest absolute Gasteiger partial charge is 0.134 e. The Morgan fingerprint density at radius 3 is 2.68 bits per heavy atom. The Morgan fingerprint density at radius 2 is 2.05 bits per heavy atom. The maximum atomic E-state index is 9.04. The zero-order chi connectivity index (χ0) is 13.9. The van der Waals surface area contributed by atoms with Gasteiger partial charge in [0.1, 0.15) is 23.5 Å². The Bertz CT molecular complexity index is 469. The average molecular weight is 259 g/mol. The molecule has 1 aromatic heterocycles. The molecule has 0 bridgehead atoms. The minimum absolute atomic E-state index is 0.623. The molecular weight excluding hydrogens is 238 g/mol. The van der Waals surface area contributed by atoms with Crippen LogP contribution in [0.2, 0.25) is 0 Å². The molecule has 5 nitrogen and oxygen atoms in total. The third-order valence-corrected chi connectivity index (χ3v) is 3.48. The van der Waals surface area contributed by atoms with E-state index in [1.54, 1.807) is 6.33 Å². The number of nitriles is 1. The van der Waals surface area contributed by atoms with Crippen LogP contribution in [0.4, 0.5) is 11.6 Å². The molecule has 1 aliphatic heterocycles. The van der Waals surface area contributed by atoms with Crippen LogP contribution in [-0.2, 0) is 0 Å². The van der Waals surface area contributed by atoms with Crippen molar-refractivity contribution in [1.29, 1.82) is 5.26 Å². The molecule has 102 valence electrons. The zero-order valence-electron chi connectivity index (χ0n) is 11.8. The molecule has 1 aliphatic rings. The van der Waals surface area contributed by atoms with Gasteiger partial charge in [-0.25, -0.2) is 9.97 Å². The fourth-order valence-corrected chi connectivity index (χ4v) is 2.17. The second-order valence-corrected chi connectivity index (χ2v) is 5.79. The molecule has 1 aromatic rings. The van der Waals surface area contributed by atoms with Crippen LogP contribution >= 0.6 is 0 Å². The quantitative estimate of drug-likeness (QED) is 0.903. The second-order valence-electron chi connectivity index (χ2n) is 5.79. The van der Waals surface area contributed by atoms with Gasteiger partial charge >= 0.3 is 0 Å². The lowest BCUT2D eigenvalue weighted by Crippen LogP contribution is -2.34. The molecule has 0 aliphatic carbocycles. The summed E-state index contributed by atoms with van der Waals surface area (Å²) in [6.45, 7) is 8.03. The average Bonchev–Trinajstić information content (AvgIpc) is 2.39. The van der Waals surface area contributed by atoms with Gasteiger partial charge < -0.3 is 10.2 Å². The van der Waals surface area contributed by atoms with E-state index < -0.39 is 5.54 Å². The molecule has 2 heterocycles. The number of piperidine rings is 1.